The zero-order valence-corrected chi connectivity index (χ0v) is 11.3. The molecule has 21 heavy (non-hydrogen) atoms. The van der Waals surface area contributed by atoms with Crippen molar-refractivity contribution >= 4 is 22.9 Å². The number of hydrogen-bond acceptors (Lipinski definition) is 5. The fraction of sp³-hybridized carbons (Fsp3) is 0.0714. The van der Waals surface area contributed by atoms with Gasteiger partial charge in [-0.05, 0) is 31.2 Å². The number of nitrogens with zero attached hydrogens (tertiary/aromatic N) is 4. The van der Waals surface area contributed by atoms with Gasteiger partial charge in [0, 0.05) is 12.1 Å². The van der Waals surface area contributed by atoms with Gasteiger partial charge in [-0.1, -0.05) is 18.2 Å². The predicted octanol–water partition coefficient (Wildman–Crippen LogP) is 4.12. The van der Waals surface area contributed by atoms with E-state index in [0.717, 1.165) is 5.69 Å². The Hall–Kier alpha value is -3.09. The first kappa shape index (κ1) is 14.3. The van der Waals surface area contributed by atoms with Gasteiger partial charge in [-0.25, -0.2) is 0 Å². The zero-order valence-electron chi connectivity index (χ0n) is 11.3. The second-order valence-electron chi connectivity index (χ2n) is 4.11. The van der Waals surface area contributed by atoms with Gasteiger partial charge in [0.2, 0.25) is 0 Å². The highest BCUT2D eigenvalue weighted by molar-refractivity contribution is 5.80. The standard InChI is InChI=1S/C14H13N5O2/c1-11(15-17-12-5-3-2-4-6-12)16-18-13-7-9-14(10-8-13)19(20)21/h2-10,18H,1H3. The number of benzene rings is 2. The Labute approximate surface area is 121 Å². The van der Waals surface area contributed by atoms with Crippen molar-refractivity contribution in [3.8, 4) is 0 Å². The van der Waals surface area contributed by atoms with Crippen LogP contribution in [0.1, 0.15) is 6.92 Å². The molecule has 0 heterocycles. The molecular weight excluding hydrogens is 270 g/mol. The van der Waals surface area contributed by atoms with Gasteiger partial charge in [-0.2, -0.15) is 5.10 Å². The van der Waals surface area contributed by atoms with Crippen LogP contribution in [0.15, 0.2) is 69.9 Å². The lowest BCUT2D eigenvalue weighted by Crippen LogP contribution is -1.94. The fourth-order valence-electron chi connectivity index (χ4n) is 1.45. The summed E-state index contributed by atoms with van der Waals surface area (Å²) in [4.78, 5) is 10.1. The highest BCUT2D eigenvalue weighted by atomic mass is 16.6. The number of azo groups is 1. The first-order valence-electron chi connectivity index (χ1n) is 6.17. The van der Waals surface area contributed by atoms with Gasteiger partial charge in [0.25, 0.3) is 5.69 Å². The van der Waals surface area contributed by atoms with E-state index in [1.807, 2.05) is 30.3 Å². The van der Waals surface area contributed by atoms with E-state index in [9.17, 15) is 10.1 Å². The molecule has 0 spiro atoms. The van der Waals surface area contributed by atoms with E-state index in [-0.39, 0.29) is 5.69 Å². The first-order valence-corrected chi connectivity index (χ1v) is 6.17. The number of nitro benzene ring substituents is 1. The molecule has 0 aliphatic rings. The molecular formula is C14H13N5O2. The third kappa shape index (κ3) is 4.50. The van der Waals surface area contributed by atoms with Crippen molar-refractivity contribution in [2.45, 2.75) is 6.92 Å². The molecule has 0 unspecified atom stereocenters. The van der Waals surface area contributed by atoms with Gasteiger partial charge >= 0.3 is 0 Å². The molecule has 0 saturated heterocycles. The minimum Gasteiger partial charge on any atom is -0.277 e. The molecule has 7 nitrogen and oxygen atoms in total. The van der Waals surface area contributed by atoms with Crippen molar-refractivity contribution in [1.29, 1.82) is 0 Å². The number of hydrazone groups is 1. The van der Waals surface area contributed by atoms with E-state index >= 15 is 0 Å². The maximum Gasteiger partial charge on any atom is 0.269 e. The lowest BCUT2D eigenvalue weighted by atomic mass is 10.3. The van der Waals surface area contributed by atoms with Gasteiger partial charge in [-0.15, -0.1) is 10.2 Å². The average Bonchev–Trinajstić information content (AvgIpc) is 2.52. The summed E-state index contributed by atoms with van der Waals surface area (Å²) < 4.78 is 0. The number of rotatable bonds is 4. The number of non-ortho nitro benzene ring substituents is 1. The Morgan fingerprint density at radius 3 is 2.38 bits per heavy atom. The lowest BCUT2D eigenvalue weighted by molar-refractivity contribution is -0.384. The summed E-state index contributed by atoms with van der Waals surface area (Å²) in [6.45, 7) is 1.70. The van der Waals surface area contributed by atoms with Crippen LogP contribution in [0.2, 0.25) is 0 Å². The number of anilines is 1. The van der Waals surface area contributed by atoms with E-state index in [2.05, 4.69) is 20.8 Å². The minimum absolute atomic E-state index is 0.0324. The highest BCUT2D eigenvalue weighted by Gasteiger charge is 2.02. The summed E-state index contributed by atoms with van der Waals surface area (Å²) >= 11 is 0. The summed E-state index contributed by atoms with van der Waals surface area (Å²) in [6.07, 6.45) is 0. The number of nitro groups is 1. The SMILES string of the molecule is CC(N=Nc1ccccc1)=NNc1ccc([N+](=O)[O-])cc1. The van der Waals surface area contributed by atoms with Crippen LogP contribution in [0.3, 0.4) is 0 Å². The van der Waals surface area contributed by atoms with Gasteiger partial charge in [0.1, 0.15) is 0 Å². The highest BCUT2D eigenvalue weighted by Crippen LogP contribution is 2.15. The monoisotopic (exact) mass is 283 g/mol. The summed E-state index contributed by atoms with van der Waals surface area (Å²) in [5, 5.41) is 22.5. The van der Waals surface area contributed by atoms with Crippen LogP contribution in [-0.2, 0) is 0 Å². The smallest absolute Gasteiger partial charge is 0.269 e. The van der Waals surface area contributed by atoms with Gasteiger partial charge < -0.3 is 0 Å². The predicted molar refractivity (Wildman–Crippen MR) is 80.8 cm³/mol. The van der Waals surface area contributed by atoms with Crippen LogP contribution in [-0.4, -0.2) is 10.8 Å². The quantitative estimate of drug-likeness (QED) is 0.300. The molecule has 1 N–H and O–H groups in total. The largest absolute Gasteiger partial charge is 0.277 e. The van der Waals surface area contributed by atoms with Crippen molar-refractivity contribution in [2.75, 3.05) is 5.43 Å². The van der Waals surface area contributed by atoms with Crippen molar-refractivity contribution in [2.24, 2.45) is 15.3 Å². The summed E-state index contributed by atoms with van der Waals surface area (Å²) in [7, 11) is 0. The molecule has 0 aromatic heterocycles. The van der Waals surface area contributed by atoms with Crippen LogP contribution < -0.4 is 5.43 Å². The number of amidine groups is 1. The van der Waals surface area contributed by atoms with Crippen LogP contribution in [0.4, 0.5) is 17.1 Å². The fourth-order valence-corrected chi connectivity index (χ4v) is 1.45. The van der Waals surface area contributed by atoms with Gasteiger partial charge in [0.15, 0.2) is 5.84 Å². The normalized spacial score (nSPS) is 11.6. The molecule has 0 aliphatic heterocycles. The Bertz CT molecular complexity index is 666. The van der Waals surface area contributed by atoms with E-state index in [1.165, 1.54) is 12.1 Å². The Morgan fingerprint density at radius 2 is 1.76 bits per heavy atom. The van der Waals surface area contributed by atoms with Gasteiger partial charge in [-0.3, -0.25) is 15.5 Å². The Balaban J connectivity index is 1.97. The summed E-state index contributed by atoms with van der Waals surface area (Å²) in [5.74, 6) is 0.442. The van der Waals surface area contributed by atoms with Crippen LogP contribution in [0.25, 0.3) is 0 Å². The molecule has 2 rings (SSSR count). The van der Waals surface area contributed by atoms with Crippen LogP contribution in [0.5, 0.6) is 0 Å². The zero-order chi connectivity index (χ0) is 15.1. The average molecular weight is 283 g/mol. The molecule has 0 radical (unpaired) electrons. The maximum absolute atomic E-state index is 10.5. The molecule has 0 aliphatic carbocycles. The summed E-state index contributed by atoms with van der Waals surface area (Å²) in [6, 6.07) is 15.3. The third-order valence-electron chi connectivity index (χ3n) is 2.49. The van der Waals surface area contributed by atoms with Crippen LogP contribution >= 0.6 is 0 Å². The molecule has 2 aromatic carbocycles. The van der Waals surface area contributed by atoms with Crippen LogP contribution in [0, 0.1) is 10.1 Å². The second kappa shape index (κ2) is 6.90. The molecule has 2 aromatic rings. The van der Waals surface area contributed by atoms with E-state index in [0.29, 0.717) is 11.5 Å². The molecule has 0 saturated carbocycles. The van der Waals surface area contributed by atoms with Crippen molar-refractivity contribution < 1.29 is 4.92 Å². The molecule has 106 valence electrons. The Morgan fingerprint density at radius 1 is 1.10 bits per heavy atom. The summed E-state index contributed by atoms with van der Waals surface area (Å²) in [5.41, 5.74) is 4.16. The van der Waals surface area contributed by atoms with E-state index in [4.69, 9.17) is 0 Å². The minimum atomic E-state index is -0.452. The maximum atomic E-state index is 10.5. The molecule has 0 amide bonds. The third-order valence-corrected chi connectivity index (χ3v) is 2.49. The first-order chi connectivity index (χ1) is 10.1. The van der Waals surface area contributed by atoms with E-state index in [1.54, 1.807) is 19.1 Å². The molecule has 0 bridgehead atoms. The second-order valence-corrected chi connectivity index (χ2v) is 4.11. The Kier molecular flexibility index (Phi) is 4.70. The number of nitrogens with one attached hydrogen (secondary N) is 1. The lowest BCUT2D eigenvalue weighted by Gasteiger charge is -1.99. The van der Waals surface area contributed by atoms with Crippen molar-refractivity contribution in [1.82, 2.24) is 0 Å². The van der Waals surface area contributed by atoms with Gasteiger partial charge in [0.05, 0.1) is 16.3 Å². The number of hydrogen-bond donors (Lipinski definition) is 1. The topological polar surface area (TPSA) is 92.2 Å². The molecule has 7 heteroatoms. The van der Waals surface area contributed by atoms with Crippen molar-refractivity contribution in [3.63, 3.8) is 0 Å². The van der Waals surface area contributed by atoms with E-state index < -0.39 is 4.92 Å². The molecule has 0 fully saturated rings. The molecule has 0 atom stereocenters. The van der Waals surface area contributed by atoms with Crippen molar-refractivity contribution in [3.05, 3.63) is 64.7 Å².